The quantitative estimate of drug-likeness (QED) is 0.937. The Kier molecular flexibility index (Phi) is 5.11. The Bertz CT molecular complexity index is 744. The van der Waals surface area contributed by atoms with Crippen molar-refractivity contribution in [3.63, 3.8) is 0 Å². The van der Waals surface area contributed by atoms with Gasteiger partial charge in [0.05, 0.1) is 12.7 Å². The molecule has 1 heterocycles. The summed E-state index contributed by atoms with van der Waals surface area (Å²) in [5, 5.41) is 4.96. The minimum Gasteiger partial charge on any atom is -0.375 e. The van der Waals surface area contributed by atoms with Gasteiger partial charge in [-0.1, -0.05) is 30.3 Å². The van der Waals surface area contributed by atoms with E-state index in [-0.39, 0.29) is 17.9 Å². The number of hydrogen-bond acceptors (Lipinski definition) is 3. The van der Waals surface area contributed by atoms with Gasteiger partial charge >= 0.3 is 0 Å². The lowest BCUT2D eigenvalue weighted by molar-refractivity contribution is -0.137. The van der Waals surface area contributed by atoms with Gasteiger partial charge in [0.25, 0.3) is 5.91 Å². The number of nitrogens with zero attached hydrogens (tertiary/aromatic N) is 1. The van der Waals surface area contributed by atoms with E-state index >= 15 is 0 Å². The topological polar surface area (TPSA) is 58.6 Å². The zero-order valence-electron chi connectivity index (χ0n) is 13.8. The van der Waals surface area contributed by atoms with Crippen molar-refractivity contribution in [3.8, 4) is 0 Å². The molecule has 1 saturated heterocycles. The molecule has 2 aromatic carbocycles. The molecule has 0 unspecified atom stereocenters. The number of rotatable bonds is 4. The first kappa shape index (κ1) is 16.5. The molecule has 126 valence electrons. The number of hydrogen-bond donors (Lipinski definition) is 1. The smallest absolute Gasteiger partial charge is 0.251 e. The summed E-state index contributed by atoms with van der Waals surface area (Å²) < 4.78 is 5.43. The Labute approximate surface area is 141 Å². The van der Waals surface area contributed by atoms with Crippen LogP contribution in [0.15, 0.2) is 42.5 Å². The van der Waals surface area contributed by atoms with E-state index in [2.05, 4.69) is 5.32 Å². The Morgan fingerprint density at radius 1 is 1.21 bits per heavy atom. The molecular formula is C19H22N2O3. The molecule has 5 heteroatoms. The highest BCUT2D eigenvalue weighted by Crippen LogP contribution is 2.15. The van der Waals surface area contributed by atoms with Crippen LogP contribution in [-0.2, 0) is 9.53 Å². The fourth-order valence-electron chi connectivity index (χ4n) is 2.92. The molecular weight excluding hydrogens is 304 g/mol. The Morgan fingerprint density at radius 2 is 2.00 bits per heavy atom. The predicted molar refractivity (Wildman–Crippen MR) is 92.9 cm³/mol. The summed E-state index contributed by atoms with van der Waals surface area (Å²) in [5.41, 5.74) is 0.612. The summed E-state index contributed by atoms with van der Waals surface area (Å²) in [4.78, 5) is 26.2. The molecule has 0 spiro atoms. The van der Waals surface area contributed by atoms with Crippen LogP contribution in [0.3, 0.4) is 0 Å². The summed E-state index contributed by atoms with van der Waals surface area (Å²) in [6.45, 7) is 4.13. The second kappa shape index (κ2) is 7.45. The summed E-state index contributed by atoms with van der Waals surface area (Å²) in [7, 11) is 0. The average Bonchev–Trinajstić information content (AvgIpc) is 2.61. The maximum absolute atomic E-state index is 12.2. The highest BCUT2D eigenvalue weighted by atomic mass is 16.5. The van der Waals surface area contributed by atoms with E-state index in [1.54, 1.807) is 4.90 Å². The van der Waals surface area contributed by atoms with Gasteiger partial charge in [-0.2, -0.15) is 0 Å². The second-order valence-corrected chi connectivity index (χ2v) is 6.09. The first-order chi connectivity index (χ1) is 11.6. The van der Waals surface area contributed by atoms with Crippen molar-refractivity contribution >= 4 is 22.6 Å². The van der Waals surface area contributed by atoms with Crippen molar-refractivity contribution in [1.29, 1.82) is 0 Å². The Morgan fingerprint density at radius 3 is 2.79 bits per heavy atom. The van der Waals surface area contributed by atoms with Gasteiger partial charge in [0.2, 0.25) is 5.91 Å². The van der Waals surface area contributed by atoms with Crippen molar-refractivity contribution in [3.05, 3.63) is 48.0 Å². The van der Waals surface area contributed by atoms with Crippen LogP contribution in [0.2, 0.25) is 0 Å². The fourth-order valence-corrected chi connectivity index (χ4v) is 2.92. The standard InChI is InChI=1S/C19H22N2O3/c1-14-13-21(10-11-24-14)18(22)8-9-20-19(23)17-7-6-15-4-2-3-5-16(15)12-17/h2-7,12,14H,8-11,13H2,1H3,(H,20,23)/t14-/m0/s1. The van der Waals surface area contributed by atoms with Crippen LogP contribution in [0.4, 0.5) is 0 Å². The number of nitrogens with one attached hydrogen (secondary N) is 1. The normalized spacial score (nSPS) is 17.7. The molecule has 1 aliphatic heterocycles. The lowest BCUT2D eigenvalue weighted by atomic mass is 10.1. The summed E-state index contributed by atoms with van der Waals surface area (Å²) in [6, 6.07) is 13.5. The molecule has 2 amide bonds. The van der Waals surface area contributed by atoms with Crippen LogP contribution >= 0.6 is 0 Å². The van der Waals surface area contributed by atoms with Crippen LogP contribution in [0, 0.1) is 0 Å². The van der Waals surface area contributed by atoms with Gasteiger partial charge in [-0.3, -0.25) is 9.59 Å². The highest BCUT2D eigenvalue weighted by Gasteiger charge is 2.21. The van der Waals surface area contributed by atoms with E-state index in [4.69, 9.17) is 4.74 Å². The largest absolute Gasteiger partial charge is 0.375 e. The van der Waals surface area contributed by atoms with Crippen molar-refractivity contribution in [1.82, 2.24) is 10.2 Å². The number of morpholine rings is 1. The highest BCUT2D eigenvalue weighted by molar-refractivity contribution is 5.98. The SMILES string of the molecule is C[C@H]1CN(C(=O)CCNC(=O)c2ccc3ccccc3c2)CCO1. The van der Waals surface area contributed by atoms with Crippen LogP contribution < -0.4 is 5.32 Å². The van der Waals surface area contributed by atoms with Gasteiger partial charge in [0.15, 0.2) is 0 Å². The summed E-state index contributed by atoms with van der Waals surface area (Å²) in [6.07, 6.45) is 0.390. The molecule has 0 aromatic heterocycles. The zero-order valence-corrected chi connectivity index (χ0v) is 13.8. The maximum Gasteiger partial charge on any atom is 0.251 e. The number of ether oxygens (including phenoxy) is 1. The third-order valence-electron chi connectivity index (χ3n) is 4.23. The summed E-state index contributed by atoms with van der Waals surface area (Å²) in [5.74, 6) is -0.0899. The molecule has 0 aliphatic carbocycles. The van der Waals surface area contributed by atoms with Crippen LogP contribution in [0.25, 0.3) is 10.8 Å². The Hall–Kier alpha value is -2.40. The number of carbonyl (C=O) groups excluding carboxylic acids is 2. The zero-order chi connectivity index (χ0) is 16.9. The third kappa shape index (κ3) is 3.92. The summed E-state index contributed by atoms with van der Waals surface area (Å²) >= 11 is 0. The van der Waals surface area contributed by atoms with Gasteiger partial charge < -0.3 is 15.0 Å². The molecule has 5 nitrogen and oxygen atoms in total. The first-order valence-corrected chi connectivity index (χ1v) is 8.30. The van der Waals surface area contributed by atoms with Gasteiger partial charge in [-0.05, 0) is 29.8 Å². The second-order valence-electron chi connectivity index (χ2n) is 6.09. The molecule has 1 fully saturated rings. The number of carbonyl (C=O) groups is 2. The van der Waals surface area contributed by atoms with E-state index in [0.29, 0.717) is 38.2 Å². The Balaban J connectivity index is 1.52. The van der Waals surface area contributed by atoms with E-state index in [1.807, 2.05) is 49.4 Å². The first-order valence-electron chi connectivity index (χ1n) is 8.30. The van der Waals surface area contributed by atoms with Gasteiger partial charge in [0.1, 0.15) is 0 Å². The van der Waals surface area contributed by atoms with Crippen LogP contribution in [0.1, 0.15) is 23.7 Å². The molecule has 1 N–H and O–H groups in total. The molecule has 1 aliphatic rings. The number of fused-ring (bicyclic) bond motifs is 1. The van der Waals surface area contributed by atoms with Crippen LogP contribution in [0.5, 0.6) is 0 Å². The van der Waals surface area contributed by atoms with Gasteiger partial charge in [-0.15, -0.1) is 0 Å². The van der Waals surface area contributed by atoms with Crippen molar-refractivity contribution in [2.75, 3.05) is 26.2 Å². The van der Waals surface area contributed by atoms with E-state index < -0.39 is 0 Å². The maximum atomic E-state index is 12.2. The molecule has 2 aromatic rings. The lowest BCUT2D eigenvalue weighted by Crippen LogP contribution is -2.45. The van der Waals surface area contributed by atoms with E-state index in [0.717, 1.165) is 10.8 Å². The monoisotopic (exact) mass is 326 g/mol. The predicted octanol–water partition coefficient (Wildman–Crippen LogP) is 2.21. The minimum atomic E-state index is -0.149. The minimum absolute atomic E-state index is 0.0592. The van der Waals surface area contributed by atoms with Gasteiger partial charge in [0, 0.05) is 31.6 Å². The molecule has 0 saturated carbocycles. The number of benzene rings is 2. The van der Waals surface area contributed by atoms with Crippen molar-refractivity contribution < 1.29 is 14.3 Å². The lowest BCUT2D eigenvalue weighted by Gasteiger charge is -2.31. The molecule has 24 heavy (non-hydrogen) atoms. The molecule has 0 bridgehead atoms. The average molecular weight is 326 g/mol. The molecule has 1 atom stereocenters. The van der Waals surface area contributed by atoms with E-state index in [9.17, 15) is 9.59 Å². The molecule has 3 rings (SSSR count). The number of amides is 2. The third-order valence-corrected chi connectivity index (χ3v) is 4.23. The van der Waals surface area contributed by atoms with E-state index in [1.165, 1.54) is 0 Å². The molecule has 0 radical (unpaired) electrons. The van der Waals surface area contributed by atoms with Crippen LogP contribution in [-0.4, -0.2) is 49.1 Å². The van der Waals surface area contributed by atoms with Crippen molar-refractivity contribution in [2.45, 2.75) is 19.4 Å². The van der Waals surface area contributed by atoms with Gasteiger partial charge in [-0.25, -0.2) is 0 Å². The van der Waals surface area contributed by atoms with Crippen molar-refractivity contribution in [2.24, 2.45) is 0 Å². The fraction of sp³-hybridized carbons (Fsp3) is 0.368.